The van der Waals surface area contributed by atoms with E-state index >= 15 is 0 Å². The van der Waals surface area contributed by atoms with E-state index in [-0.39, 0.29) is 29.8 Å². The lowest BCUT2D eigenvalue weighted by atomic mass is 9.86. The number of benzene rings is 1. The monoisotopic (exact) mass is 353 g/mol. The van der Waals surface area contributed by atoms with E-state index in [0.29, 0.717) is 18.5 Å². The Bertz CT molecular complexity index is 828. The molecule has 2 aromatic rings. The summed E-state index contributed by atoms with van der Waals surface area (Å²) in [7, 11) is 0. The standard InChI is InChI=1S/C21H23NO4/c1-12-8-13(2)18(14(3)9-12)19-17(23)10-15(20(19)24)4-6-22-21(25)16-5-7-26-11-16/h5,7-9,11,15,19H,4,6,10H2,1-3H3,(H,22,25). The fourth-order valence-electron chi connectivity index (χ4n) is 3.91. The lowest BCUT2D eigenvalue weighted by Crippen LogP contribution is -2.27. The van der Waals surface area contributed by atoms with Crippen LogP contribution in [0.25, 0.3) is 0 Å². The Morgan fingerprint density at radius 2 is 1.88 bits per heavy atom. The minimum Gasteiger partial charge on any atom is -0.472 e. The molecule has 136 valence electrons. The highest BCUT2D eigenvalue weighted by atomic mass is 16.3. The second-order valence-corrected chi connectivity index (χ2v) is 7.07. The number of ketones is 2. The summed E-state index contributed by atoms with van der Waals surface area (Å²) in [5.74, 6) is -1.28. The van der Waals surface area contributed by atoms with E-state index in [4.69, 9.17) is 4.42 Å². The van der Waals surface area contributed by atoms with E-state index in [9.17, 15) is 14.4 Å². The lowest BCUT2D eigenvalue weighted by molar-refractivity contribution is -0.124. The van der Waals surface area contributed by atoms with Crippen LogP contribution in [-0.2, 0) is 9.59 Å². The molecule has 1 aliphatic carbocycles. The number of hydrogen-bond acceptors (Lipinski definition) is 4. The molecule has 5 heteroatoms. The van der Waals surface area contributed by atoms with Crippen molar-refractivity contribution in [1.29, 1.82) is 0 Å². The van der Waals surface area contributed by atoms with Gasteiger partial charge in [0.1, 0.15) is 18.0 Å². The predicted molar refractivity (Wildman–Crippen MR) is 97.2 cm³/mol. The lowest BCUT2D eigenvalue weighted by Gasteiger charge is -2.16. The first-order valence-electron chi connectivity index (χ1n) is 8.83. The molecule has 1 heterocycles. The fraction of sp³-hybridized carbons (Fsp3) is 0.381. The minimum atomic E-state index is -0.662. The molecule has 1 fully saturated rings. The molecule has 0 aliphatic heterocycles. The number of carbonyl (C=O) groups excluding carboxylic acids is 3. The maximum absolute atomic E-state index is 12.9. The van der Waals surface area contributed by atoms with Crippen LogP contribution in [0, 0.1) is 26.7 Å². The Kier molecular flexibility index (Phi) is 5.07. The van der Waals surface area contributed by atoms with Crippen molar-refractivity contribution in [1.82, 2.24) is 5.32 Å². The van der Waals surface area contributed by atoms with Crippen molar-refractivity contribution in [3.05, 3.63) is 58.5 Å². The van der Waals surface area contributed by atoms with Crippen LogP contribution in [-0.4, -0.2) is 24.0 Å². The normalized spacial score (nSPS) is 19.8. The van der Waals surface area contributed by atoms with Crippen LogP contribution in [0.2, 0.25) is 0 Å². The molecular formula is C21H23NO4. The van der Waals surface area contributed by atoms with Crippen LogP contribution in [0.1, 0.15) is 51.4 Å². The van der Waals surface area contributed by atoms with E-state index in [2.05, 4.69) is 5.32 Å². The molecule has 0 saturated heterocycles. The third-order valence-electron chi connectivity index (χ3n) is 5.04. The molecule has 3 rings (SSSR count). The summed E-state index contributed by atoms with van der Waals surface area (Å²) in [5.41, 5.74) is 4.41. The Balaban J connectivity index is 1.67. The Morgan fingerprint density at radius 1 is 1.19 bits per heavy atom. The van der Waals surface area contributed by atoms with Gasteiger partial charge in [-0.15, -0.1) is 0 Å². The van der Waals surface area contributed by atoms with Gasteiger partial charge in [0.2, 0.25) is 0 Å². The Hall–Kier alpha value is -2.69. The topological polar surface area (TPSA) is 76.4 Å². The van der Waals surface area contributed by atoms with Crippen molar-refractivity contribution in [3.8, 4) is 0 Å². The molecule has 1 aromatic heterocycles. The zero-order chi connectivity index (χ0) is 18.8. The Morgan fingerprint density at radius 3 is 2.50 bits per heavy atom. The minimum absolute atomic E-state index is 0.0174. The summed E-state index contributed by atoms with van der Waals surface area (Å²) < 4.78 is 4.88. The summed E-state index contributed by atoms with van der Waals surface area (Å²) in [6.45, 7) is 6.27. The number of rotatable bonds is 5. The van der Waals surface area contributed by atoms with Gasteiger partial charge in [-0.1, -0.05) is 17.7 Å². The quantitative estimate of drug-likeness (QED) is 0.837. The number of carbonyl (C=O) groups is 3. The van der Waals surface area contributed by atoms with Gasteiger partial charge in [0.05, 0.1) is 11.8 Å². The Labute approximate surface area is 152 Å². The molecule has 2 atom stereocenters. The smallest absolute Gasteiger partial charge is 0.254 e. The molecular weight excluding hydrogens is 330 g/mol. The van der Waals surface area contributed by atoms with Crippen molar-refractivity contribution in [2.75, 3.05) is 6.54 Å². The molecule has 0 radical (unpaired) electrons. The zero-order valence-electron chi connectivity index (χ0n) is 15.3. The molecule has 2 unspecified atom stereocenters. The average Bonchev–Trinajstić information content (AvgIpc) is 3.18. The van der Waals surface area contributed by atoms with Crippen LogP contribution < -0.4 is 5.32 Å². The molecule has 1 amide bonds. The summed E-state index contributed by atoms with van der Waals surface area (Å²) in [6.07, 6.45) is 3.52. The van der Waals surface area contributed by atoms with Gasteiger partial charge in [-0.2, -0.15) is 0 Å². The second kappa shape index (κ2) is 7.28. The van der Waals surface area contributed by atoms with Crippen molar-refractivity contribution in [2.24, 2.45) is 5.92 Å². The van der Waals surface area contributed by atoms with E-state index < -0.39 is 5.92 Å². The number of hydrogen-bond donors (Lipinski definition) is 1. The van der Waals surface area contributed by atoms with E-state index in [1.165, 1.54) is 12.5 Å². The third-order valence-corrected chi connectivity index (χ3v) is 5.04. The van der Waals surface area contributed by atoms with Crippen molar-refractivity contribution < 1.29 is 18.8 Å². The van der Waals surface area contributed by atoms with Gasteiger partial charge >= 0.3 is 0 Å². The predicted octanol–water partition coefficient (Wildman–Crippen LogP) is 3.27. The first-order chi connectivity index (χ1) is 12.4. The van der Waals surface area contributed by atoms with E-state index in [1.807, 2.05) is 32.9 Å². The number of amides is 1. The van der Waals surface area contributed by atoms with Crippen molar-refractivity contribution in [3.63, 3.8) is 0 Å². The number of Topliss-reactive ketones (excluding diaryl/α,β-unsaturated/α-hetero) is 2. The van der Waals surface area contributed by atoms with Gasteiger partial charge in [-0.3, -0.25) is 14.4 Å². The first-order valence-corrected chi connectivity index (χ1v) is 8.83. The molecule has 0 spiro atoms. The van der Waals surface area contributed by atoms with Gasteiger partial charge in [0.15, 0.2) is 5.78 Å². The zero-order valence-corrected chi connectivity index (χ0v) is 15.3. The summed E-state index contributed by atoms with van der Waals surface area (Å²) >= 11 is 0. The second-order valence-electron chi connectivity index (χ2n) is 7.07. The van der Waals surface area contributed by atoms with E-state index in [1.54, 1.807) is 6.07 Å². The maximum Gasteiger partial charge on any atom is 0.254 e. The van der Waals surface area contributed by atoms with Gasteiger partial charge in [0.25, 0.3) is 5.91 Å². The number of furan rings is 1. The molecule has 5 nitrogen and oxygen atoms in total. The number of nitrogens with one attached hydrogen (secondary N) is 1. The van der Waals surface area contributed by atoms with Crippen molar-refractivity contribution >= 4 is 17.5 Å². The maximum atomic E-state index is 12.9. The van der Waals surface area contributed by atoms with Crippen molar-refractivity contribution in [2.45, 2.75) is 39.5 Å². The SMILES string of the molecule is Cc1cc(C)c(C2C(=O)CC(CCNC(=O)c3ccoc3)C2=O)c(C)c1. The van der Waals surface area contributed by atoms with Crippen LogP contribution in [0.15, 0.2) is 35.1 Å². The average molecular weight is 353 g/mol. The van der Waals surface area contributed by atoms with Crippen LogP contribution in [0.4, 0.5) is 0 Å². The highest BCUT2D eigenvalue weighted by molar-refractivity contribution is 6.15. The van der Waals surface area contributed by atoms with Gasteiger partial charge in [-0.05, 0) is 49.9 Å². The molecule has 1 aromatic carbocycles. The molecule has 0 bridgehead atoms. The van der Waals surface area contributed by atoms with Gasteiger partial charge in [0, 0.05) is 18.9 Å². The van der Waals surface area contributed by atoms with Crippen LogP contribution >= 0.6 is 0 Å². The summed E-state index contributed by atoms with van der Waals surface area (Å²) in [6, 6.07) is 5.61. The number of aryl methyl sites for hydroxylation is 3. The largest absolute Gasteiger partial charge is 0.472 e. The molecule has 1 N–H and O–H groups in total. The van der Waals surface area contributed by atoms with E-state index in [0.717, 1.165) is 22.3 Å². The van der Waals surface area contributed by atoms with Crippen LogP contribution in [0.5, 0.6) is 0 Å². The fourth-order valence-corrected chi connectivity index (χ4v) is 3.91. The summed E-state index contributed by atoms with van der Waals surface area (Å²) in [5, 5.41) is 2.77. The van der Waals surface area contributed by atoms with Gasteiger partial charge in [-0.25, -0.2) is 0 Å². The van der Waals surface area contributed by atoms with Crippen LogP contribution in [0.3, 0.4) is 0 Å². The highest BCUT2D eigenvalue weighted by Crippen LogP contribution is 2.37. The third kappa shape index (κ3) is 3.47. The summed E-state index contributed by atoms with van der Waals surface area (Å²) in [4.78, 5) is 37.3. The highest BCUT2D eigenvalue weighted by Gasteiger charge is 2.42. The molecule has 1 saturated carbocycles. The first kappa shape index (κ1) is 18.1. The van der Waals surface area contributed by atoms with Gasteiger partial charge < -0.3 is 9.73 Å². The molecule has 1 aliphatic rings. The molecule has 26 heavy (non-hydrogen) atoms.